The van der Waals surface area contributed by atoms with Gasteiger partial charge in [-0.15, -0.1) is 0 Å². The highest BCUT2D eigenvalue weighted by molar-refractivity contribution is 7.93. The Hall–Kier alpha value is -1.97. The van der Waals surface area contributed by atoms with E-state index in [4.69, 9.17) is 0 Å². The number of sulfonamides is 1. The van der Waals surface area contributed by atoms with E-state index in [0.717, 1.165) is 0 Å². The van der Waals surface area contributed by atoms with Gasteiger partial charge in [0.15, 0.2) is 0 Å². The van der Waals surface area contributed by atoms with Crippen LogP contribution >= 0.6 is 0 Å². The van der Waals surface area contributed by atoms with Gasteiger partial charge in [0.1, 0.15) is 10.7 Å². The normalized spacial score (nSPS) is 15.4. The van der Waals surface area contributed by atoms with Gasteiger partial charge in [0.05, 0.1) is 17.6 Å². The highest BCUT2D eigenvalue weighted by Gasteiger charge is 2.35. The first-order valence-electron chi connectivity index (χ1n) is 6.72. The van der Waals surface area contributed by atoms with Crippen molar-refractivity contribution in [2.24, 2.45) is 0 Å². The quantitative estimate of drug-likeness (QED) is 0.858. The minimum absolute atomic E-state index is 0.0643. The zero-order valence-electron chi connectivity index (χ0n) is 12.1. The van der Waals surface area contributed by atoms with Crippen molar-refractivity contribution in [2.75, 3.05) is 10.8 Å². The summed E-state index contributed by atoms with van der Waals surface area (Å²) in [5.74, 6) is 0.440. The summed E-state index contributed by atoms with van der Waals surface area (Å²) >= 11 is 0. The van der Waals surface area contributed by atoms with Gasteiger partial charge >= 0.3 is 6.55 Å². The van der Waals surface area contributed by atoms with Crippen LogP contribution in [0.2, 0.25) is 0 Å². The molecule has 0 unspecified atom stereocenters. The first-order chi connectivity index (χ1) is 10.3. The lowest BCUT2D eigenvalue weighted by molar-refractivity contribution is 0.0538. The lowest BCUT2D eigenvalue weighted by Crippen LogP contribution is -2.38. The molecule has 3 rings (SSSR count). The van der Waals surface area contributed by atoms with E-state index in [0.29, 0.717) is 23.5 Å². The smallest absolute Gasteiger partial charge is 0.250 e. The number of halogens is 2. The average Bonchev–Trinajstić information content (AvgIpc) is 3.02. The summed E-state index contributed by atoms with van der Waals surface area (Å²) in [5, 5.41) is 7.72. The van der Waals surface area contributed by atoms with Crippen LogP contribution in [0.25, 0.3) is 0 Å². The van der Waals surface area contributed by atoms with E-state index in [1.165, 1.54) is 24.3 Å². The van der Waals surface area contributed by atoms with Gasteiger partial charge < -0.3 is 0 Å². The van der Waals surface area contributed by atoms with Crippen LogP contribution in [-0.2, 0) is 16.6 Å². The van der Waals surface area contributed by atoms with Crippen molar-refractivity contribution < 1.29 is 17.2 Å². The Labute approximate surface area is 126 Å². The third-order valence-corrected chi connectivity index (χ3v) is 5.73. The molecule has 1 aliphatic heterocycles. The van der Waals surface area contributed by atoms with E-state index in [1.54, 1.807) is 10.7 Å². The van der Waals surface area contributed by atoms with Crippen LogP contribution in [0.1, 0.15) is 24.4 Å². The maximum atomic E-state index is 12.9. The van der Waals surface area contributed by atoms with E-state index in [9.17, 15) is 17.2 Å². The predicted molar refractivity (Wildman–Crippen MR) is 74.3 cm³/mol. The molecule has 120 valence electrons. The van der Waals surface area contributed by atoms with Crippen LogP contribution in [0.5, 0.6) is 0 Å². The van der Waals surface area contributed by atoms with Crippen molar-refractivity contribution in [3.05, 3.63) is 23.7 Å². The number of aryl methyl sites for hydroxylation is 2. The van der Waals surface area contributed by atoms with Gasteiger partial charge in [-0.2, -0.15) is 19.0 Å². The SMILES string of the molecule is Cc1nn(C(F)F)c(C)c1S(=O)(=O)N1CCCn2nccc21. The Kier molecular flexibility index (Phi) is 3.42. The Balaban J connectivity index is 2.13. The summed E-state index contributed by atoms with van der Waals surface area (Å²) in [5.41, 5.74) is -0.00132. The van der Waals surface area contributed by atoms with Crippen molar-refractivity contribution in [3.8, 4) is 0 Å². The van der Waals surface area contributed by atoms with Crippen LogP contribution in [0, 0.1) is 13.8 Å². The lowest BCUT2D eigenvalue weighted by atomic mass is 10.3. The second kappa shape index (κ2) is 5.04. The summed E-state index contributed by atoms with van der Waals surface area (Å²) in [6.07, 6.45) is 2.13. The van der Waals surface area contributed by atoms with Crippen molar-refractivity contribution in [1.29, 1.82) is 0 Å². The maximum absolute atomic E-state index is 12.9. The molecular weight excluding hydrogens is 316 g/mol. The molecule has 2 aromatic heterocycles. The fourth-order valence-corrected chi connectivity index (χ4v) is 4.63. The molecule has 3 heterocycles. The molecule has 0 bridgehead atoms. The number of alkyl halides is 2. The Morgan fingerprint density at radius 1 is 1.27 bits per heavy atom. The number of nitrogens with zero attached hydrogens (tertiary/aromatic N) is 5. The highest BCUT2D eigenvalue weighted by atomic mass is 32.2. The van der Waals surface area contributed by atoms with Crippen LogP contribution in [0.3, 0.4) is 0 Å². The van der Waals surface area contributed by atoms with E-state index < -0.39 is 16.6 Å². The molecule has 0 fully saturated rings. The molecule has 0 amide bonds. The number of aromatic nitrogens is 4. The average molecular weight is 331 g/mol. The zero-order chi connectivity index (χ0) is 16.1. The van der Waals surface area contributed by atoms with Crippen LogP contribution in [0.15, 0.2) is 17.2 Å². The minimum atomic E-state index is -3.96. The summed E-state index contributed by atoms with van der Waals surface area (Å²) in [6, 6.07) is 1.60. The van der Waals surface area contributed by atoms with Crippen LogP contribution in [-0.4, -0.2) is 34.5 Å². The largest absolute Gasteiger partial charge is 0.333 e. The number of rotatable bonds is 3. The van der Waals surface area contributed by atoms with Gasteiger partial charge in [0.2, 0.25) is 0 Å². The number of hydrogen-bond acceptors (Lipinski definition) is 4. The van der Waals surface area contributed by atoms with Crippen molar-refractivity contribution >= 4 is 15.8 Å². The molecule has 0 saturated carbocycles. The fourth-order valence-electron chi connectivity index (χ4n) is 2.75. The zero-order valence-corrected chi connectivity index (χ0v) is 12.9. The minimum Gasteiger partial charge on any atom is -0.250 e. The monoisotopic (exact) mass is 331 g/mol. The molecule has 1 aliphatic rings. The summed E-state index contributed by atoms with van der Waals surface area (Å²) in [7, 11) is -3.96. The maximum Gasteiger partial charge on any atom is 0.333 e. The third-order valence-electron chi connectivity index (χ3n) is 3.67. The molecular formula is C12H15F2N5O2S. The number of fused-ring (bicyclic) bond motifs is 1. The van der Waals surface area contributed by atoms with Gasteiger partial charge in [-0.1, -0.05) is 0 Å². The summed E-state index contributed by atoms with van der Waals surface area (Å²) in [6.45, 7) is 0.782. The molecule has 0 N–H and O–H groups in total. The van der Waals surface area contributed by atoms with E-state index >= 15 is 0 Å². The topological polar surface area (TPSA) is 73.0 Å². The first-order valence-corrected chi connectivity index (χ1v) is 8.16. The van der Waals surface area contributed by atoms with E-state index in [-0.39, 0.29) is 22.8 Å². The van der Waals surface area contributed by atoms with Crippen LogP contribution in [0.4, 0.5) is 14.6 Å². The Bertz CT molecular complexity index is 812. The van der Waals surface area contributed by atoms with E-state index in [1.807, 2.05) is 0 Å². The molecule has 0 spiro atoms. The standard InChI is InChI=1S/C12H15F2N5O2S/c1-8-11(9(2)19(16-8)12(13)14)22(20,21)18-7-3-6-17-10(18)4-5-15-17/h4-5,12H,3,6-7H2,1-2H3. The Morgan fingerprint density at radius 3 is 2.64 bits per heavy atom. The number of hydrogen-bond donors (Lipinski definition) is 0. The molecule has 0 aliphatic carbocycles. The Morgan fingerprint density at radius 2 is 2.00 bits per heavy atom. The molecule has 0 saturated heterocycles. The van der Waals surface area contributed by atoms with Gasteiger partial charge in [-0.3, -0.25) is 0 Å². The van der Waals surface area contributed by atoms with E-state index in [2.05, 4.69) is 10.2 Å². The fraction of sp³-hybridized carbons (Fsp3) is 0.500. The highest BCUT2D eigenvalue weighted by Crippen LogP contribution is 2.31. The van der Waals surface area contributed by atoms with Gasteiger partial charge in [0.25, 0.3) is 10.0 Å². The van der Waals surface area contributed by atoms with Crippen molar-refractivity contribution in [1.82, 2.24) is 19.6 Å². The second-order valence-electron chi connectivity index (χ2n) is 5.07. The predicted octanol–water partition coefficient (Wildman–Crippen LogP) is 1.69. The molecule has 7 nitrogen and oxygen atoms in total. The van der Waals surface area contributed by atoms with Crippen LogP contribution < -0.4 is 4.31 Å². The second-order valence-corrected chi connectivity index (χ2v) is 6.86. The van der Waals surface area contributed by atoms with Gasteiger partial charge in [0, 0.05) is 19.2 Å². The lowest BCUT2D eigenvalue weighted by Gasteiger charge is -2.28. The number of anilines is 1. The third kappa shape index (κ3) is 2.09. The molecule has 10 heteroatoms. The van der Waals surface area contributed by atoms with Crippen molar-refractivity contribution in [2.45, 2.75) is 38.3 Å². The molecule has 0 aromatic carbocycles. The van der Waals surface area contributed by atoms with Crippen molar-refractivity contribution in [3.63, 3.8) is 0 Å². The molecule has 22 heavy (non-hydrogen) atoms. The molecule has 0 atom stereocenters. The van der Waals surface area contributed by atoms with Gasteiger partial charge in [-0.25, -0.2) is 22.1 Å². The summed E-state index contributed by atoms with van der Waals surface area (Å²) < 4.78 is 54.9. The summed E-state index contributed by atoms with van der Waals surface area (Å²) in [4.78, 5) is -0.164. The van der Waals surface area contributed by atoms with Gasteiger partial charge in [-0.05, 0) is 20.3 Å². The molecule has 0 radical (unpaired) electrons. The first kappa shape index (κ1) is 14.9. The molecule has 2 aromatic rings.